The molecule has 1 aliphatic carbocycles. The molecule has 0 unspecified atom stereocenters. The van der Waals surface area contributed by atoms with Crippen molar-refractivity contribution in [1.29, 1.82) is 0 Å². The van der Waals surface area contributed by atoms with Crippen molar-refractivity contribution in [3.8, 4) is 11.4 Å². The number of carbonyl (C=O) groups excluding carboxylic acids is 1. The van der Waals surface area contributed by atoms with Crippen LogP contribution in [-0.4, -0.2) is 26.3 Å². The summed E-state index contributed by atoms with van der Waals surface area (Å²) in [6.07, 6.45) is 12.2. The van der Waals surface area contributed by atoms with Gasteiger partial charge in [0.25, 0.3) is 0 Å². The van der Waals surface area contributed by atoms with Crippen molar-refractivity contribution in [2.75, 3.05) is 0 Å². The second-order valence-corrected chi connectivity index (χ2v) is 7.03. The van der Waals surface area contributed by atoms with Crippen molar-refractivity contribution in [1.82, 2.24) is 25.7 Å². The van der Waals surface area contributed by atoms with Crippen LogP contribution in [0.25, 0.3) is 11.4 Å². The summed E-state index contributed by atoms with van der Waals surface area (Å²) in [6.45, 7) is 0.557. The third-order valence-corrected chi connectivity index (χ3v) is 5.06. The van der Waals surface area contributed by atoms with Gasteiger partial charge in [-0.05, 0) is 18.4 Å². The lowest BCUT2D eigenvalue weighted by atomic mass is 9.91. The van der Waals surface area contributed by atoms with Crippen LogP contribution in [0.3, 0.4) is 0 Å². The number of benzene rings is 1. The first-order valence-electron chi connectivity index (χ1n) is 9.70. The Morgan fingerprint density at radius 3 is 2.08 bits per heavy atom. The lowest BCUT2D eigenvalue weighted by molar-refractivity contribution is -0.125. The van der Waals surface area contributed by atoms with Crippen molar-refractivity contribution in [2.24, 2.45) is 5.92 Å². The summed E-state index contributed by atoms with van der Waals surface area (Å²) >= 11 is 0. The summed E-state index contributed by atoms with van der Waals surface area (Å²) in [4.78, 5) is 12.6. The van der Waals surface area contributed by atoms with Crippen molar-refractivity contribution in [2.45, 2.75) is 64.3 Å². The Balaban J connectivity index is 1.51. The second-order valence-electron chi connectivity index (χ2n) is 7.03. The fourth-order valence-corrected chi connectivity index (χ4v) is 3.50. The minimum absolute atomic E-state index is 0.169. The predicted molar refractivity (Wildman–Crippen MR) is 99.9 cm³/mol. The number of hydrogen-bond acceptors (Lipinski definition) is 5. The third kappa shape index (κ3) is 5.58. The quantitative estimate of drug-likeness (QED) is 0.906. The molecule has 1 heterocycles. The van der Waals surface area contributed by atoms with E-state index in [1.807, 2.05) is 24.3 Å². The molecule has 138 valence electrons. The van der Waals surface area contributed by atoms with Crippen LogP contribution < -0.4 is 5.32 Å². The van der Waals surface area contributed by atoms with Gasteiger partial charge in [-0.15, -0.1) is 20.4 Å². The van der Waals surface area contributed by atoms with Crippen LogP contribution in [-0.2, 0) is 11.3 Å². The number of aromatic nitrogens is 4. The molecule has 6 nitrogen and oxygen atoms in total. The molecule has 6 heteroatoms. The lowest BCUT2D eigenvalue weighted by Gasteiger charge is -2.18. The number of nitrogens with one attached hydrogen (secondary N) is 1. The largest absolute Gasteiger partial charge is 0.352 e. The maximum absolute atomic E-state index is 12.6. The molecule has 3 rings (SSSR count). The van der Waals surface area contributed by atoms with Crippen molar-refractivity contribution >= 4 is 5.91 Å². The molecule has 0 bridgehead atoms. The molecule has 1 aromatic carbocycles. The van der Waals surface area contributed by atoms with E-state index in [9.17, 15) is 4.79 Å². The molecule has 1 aromatic heterocycles. The first-order valence-corrected chi connectivity index (χ1v) is 9.70. The van der Waals surface area contributed by atoms with E-state index in [1.54, 1.807) is 0 Å². The third-order valence-electron chi connectivity index (χ3n) is 5.06. The average Bonchev–Trinajstić information content (AvgIpc) is 2.71. The molecule has 0 spiro atoms. The number of carbonyl (C=O) groups is 1. The maximum atomic E-state index is 12.6. The predicted octanol–water partition coefficient (Wildman–Crippen LogP) is 3.69. The molecule has 0 radical (unpaired) electrons. The molecule has 1 N–H and O–H groups in total. The maximum Gasteiger partial charge on any atom is 0.223 e. The number of nitrogens with zero attached hydrogens (tertiary/aromatic N) is 4. The fourth-order valence-electron chi connectivity index (χ4n) is 3.50. The van der Waals surface area contributed by atoms with Gasteiger partial charge in [-0.2, -0.15) is 0 Å². The fraction of sp³-hybridized carbons (Fsp3) is 0.550. The summed E-state index contributed by atoms with van der Waals surface area (Å²) in [5.41, 5.74) is 1.94. The first-order chi connectivity index (χ1) is 12.8. The number of hydrogen-bond donors (Lipinski definition) is 1. The van der Waals surface area contributed by atoms with E-state index in [0.29, 0.717) is 12.4 Å². The van der Waals surface area contributed by atoms with E-state index >= 15 is 0 Å². The van der Waals surface area contributed by atoms with Gasteiger partial charge in [0, 0.05) is 18.0 Å². The summed E-state index contributed by atoms with van der Waals surface area (Å²) < 4.78 is 0. The molecular weight excluding hydrogens is 326 g/mol. The van der Waals surface area contributed by atoms with Crippen LogP contribution in [0.15, 0.2) is 30.6 Å². The van der Waals surface area contributed by atoms with Crippen molar-refractivity contribution in [3.05, 3.63) is 36.2 Å². The highest BCUT2D eigenvalue weighted by Gasteiger charge is 2.18. The van der Waals surface area contributed by atoms with Gasteiger partial charge in [-0.3, -0.25) is 4.79 Å². The van der Waals surface area contributed by atoms with Crippen LogP contribution in [0, 0.1) is 5.92 Å². The molecule has 1 aliphatic rings. The van der Waals surface area contributed by atoms with E-state index in [4.69, 9.17) is 0 Å². The van der Waals surface area contributed by atoms with Crippen LogP contribution in [0.1, 0.15) is 63.4 Å². The highest BCUT2D eigenvalue weighted by Crippen LogP contribution is 2.22. The Labute approximate surface area is 154 Å². The SMILES string of the molecule is O=C(NCc1ccc(-c2nncnn2)cc1)C1CCCCCCCCC1. The minimum Gasteiger partial charge on any atom is -0.352 e. The molecule has 1 saturated carbocycles. The molecule has 0 saturated heterocycles. The molecule has 26 heavy (non-hydrogen) atoms. The summed E-state index contributed by atoms with van der Waals surface area (Å²) in [5.74, 6) is 0.876. The number of amides is 1. The van der Waals surface area contributed by atoms with E-state index in [0.717, 1.165) is 24.0 Å². The second kappa shape index (κ2) is 9.94. The van der Waals surface area contributed by atoms with E-state index < -0.39 is 0 Å². The van der Waals surface area contributed by atoms with Crippen LogP contribution >= 0.6 is 0 Å². The van der Waals surface area contributed by atoms with Gasteiger partial charge in [0.2, 0.25) is 11.7 Å². The van der Waals surface area contributed by atoms with Crippen molar-refractivity contribution in [3.63, 3.8) is 0 Å². The zero-order valence-corrected chi connectivity index (χ0v) is 15.2. The van der Waals surface area contributed by atoms with Gasteiger partial charge >= 0.3 is 0 Å². The van der Waals surface area contributed by atoms with E-state index in [2.05, 4.69) is 25.7 Å². The summed E-state index contributed by atoms with van der Waals surface area (Å²) in [7, 11) is 0. The number of rotatable bonds is 4. The minimum atomic E-state index is 0.169. The van der Waals surface area contributed by atoms with Gasteiger partial charge in [0.15, 0.2) is 6.33 Å². The average molecular weight is 353 g/mol. The molecule has 2 aromatic rings. The normalized spacial score (nSPS) is 16.8. The van der Waals surface area contributed by atoms with Crippen LogP contribution in [0.2, 0.25) is 0 Å². The Morgan fingerprint density at radius 1 is 0.885 bits per heavy atom. The summed E-state index contributed by atoms with van der Waals surface area (Å²) in [6, 6.07) is 7.84. The molecule has 0 atom stereocenters. The Bertz CT molecular complexity index is 664. The first kappa shape index (κ1) is 18.4. The molecule has 1 amide bonds. The topological polar surface area (TPSA) is 80.7 Å². The molecule has 0 aliphatic heterocycles. The summed E-state index contributed by atoms with van der Waals surface area (Å²) in [5, 5.41) is 18.5. The van der Waals surface area contributed by atoms with Crippen LogP contribution in [0.4, 0.5) is 0 Å². The zero-order chi connectivity index (χ0) is 18.0. The lowest BCUT2D eigenvalue weighted by Crippen LogP contribution is -2.30. The Morgan fingerprint density at radius 2 is 1.46 bits per heavy atom. The van der Waals surface area contributed by atoms with E-state index in [1.165, 1.54) is 51.3 Å². The standard InChI is InChI=1S/C20H27N5O/c26-20(18-8-6-4-2-1-3-5-7-9-18)21-14-16-10-12-17(13-11-16)19-24-22-15-23-25-19/h10-13,15,18H,1-9,14H2,(H,21,26). The highest BCUT2D eigenvalue weighted by atomic mass is 16.1. The van der Waals surface area contributed by atoms with Gasteiger partial charge in [0.05, 0.1) is 0 Å². The van der Waals surface area contributed by atoms with Crippen molar-refractivity contribution < 1.29 is 4.79 Å². The van der Waals surface area contributed by atoms with Gasteiger partial charge in [0.1, 0.15) is 0 Å². The molecule has 1 fully saturated rings. The highest BCUT2D eigenvalue weighted by molar-refractivity contribution is 5.78. The monoisotopic (exact) mass is 353 g/mol. The Hall–Kier alpha value is -2.37. The van der Waals surface area contributed by atoms with Gasteiger partial charge < -0.3 is 5.32 Å². The van der Waals surface area contributed by atoms with Crippen LogP contribution in [0.5, 0.6) is 0 Å². The van der Waals surface area contributed by atoms with Gasteiger partial charge in [-0.1, -0.05) is 69.2 Å². The molecular formula is C20H27N5O. The smallest absolute Gasteiger partial charge is 0.223 e. The Kier molecular flexibility index (Phi) is 7.05. The van der Waals surface area contributed by atoms with E-state index in [-0.39, 0.29) is 11.8 Å². The van der Waals surface area contributed by atoms with Gasteiger partial charge in [-0.25, -0.2) is 0 Å². The zero-order valence-electron chi connectivity index (χ0n) is 15.2.